The summed E-state index contributed by atoms with van der Waals surface area (Å²) >= 11 is 0. The second kappa shape index (κ2) is 3.38. The monoisotopic (exact) mass is 205 g/mol. The minimum absolute atomic E-state index is 0.0778. The van der Waals surface area contributed by atoms with E-state index in [1.807, 2.05) is 19.1 Å². The molecule has 0 aromatic heterocycles. The van der Waals surface area contributed by atoms with Gasteiger partial charge in [-0.25, -0.2) is 4.79 Å². The number of carbonyl (C=O) groups is 2. The first kappa shape index (κ1) is 9.71. The molecule has 0 fully saturated rings. The summed E-state index contributed by atoms with van der Waals surface area (Å²) in [7, 11) is 0. The number of para-hydroxylation sites is 1. The van der Waals surface area contributed by atoms with E-state index in [1.54, 1.807) is 12.1 Å². The molecule has 1 aliphatic heterocycles. The molecule has 1 aliphatic rings. The number of amides is 1. The molecule has 1 amide bonds. The number of benzene rings is 1. The number of carbonyl (C=O) groups excluding carboxylic acids is 1. The fraction of sp³-hybridized carbons (Fsp3) is 0.273. The highest BCUT2D eigenvalue weighted by Crippen LogP contribution is 2.31. The third-order valence-electron chi connectivity index (χ3n) is 2.61. The summed E-state index contributed by atoms with van der Waals surface area (Å²) in [6.45, 7) is 1.85. The quantitative estimate of drug-likeness (QED) is 0.644. The Labute approximate surface area is 87.1 Å². The van der Waals surface area contributed by atoms with Crippen molar-refractivity contribution in [3.63, 3.8) is 0 Å². The number of hydrogen-bond acceptors (Lipinski definition) is 2. The van der Waals surface area contributed by atoms with E-state index in [1.165, 1.54) is 4.90 Å². The molecule has 0 spiro atoms. The lowest BCUT2D eigenvalue weighted by atomic mass is 10.1. The highest BCUT2D eigenvalue weighted by Gasteiger charge is 2.33. The van der Waals surface area contributed by atoms with Crippen molar-refractivity contribution in [3.8, 4) is 0 Å². The third kappa shape index (κ3) is 1.48. The van der Waals surface area contributed by atoms with Crippen molar-refractivity contribution in [1.29, 1.82) is 0 Å². The Morgan fingerprint density at radius 2 is 2.07 bits per heavy atom. The zero-order valence-electron chi connectivity index (χ0n) is 8.30. The normalized spacial score (nSPS) is 18.7. The van der Waals surface area contributed by atoms with Gasteiger partial charge in [-0.05, 0) is 25.0 Å². The number of rotatable bonds is 0. The van der Waals surface area contributed by atoms with Crippen LogP contribution in [0.2, 0.25) is 0 Å². The van der Waals surface area contributed by atoms with Crippen LogP contribution in [0.3, 0.4) is 0 Å². The van der Waals surface area contributed by atoms with Gasteiger partial charge >= 0.3 is 11.9 Å². The van der Waals surface area contributed by atoms with E-state index in [9.17, 15) is 9.59 Å². The van der Waals surface area contributed by atoms with Crippen molar-refractivity contribution in [2.24, 2.45) is 0 Å². The standard InChI is InChI=1S/C11H11NO3/c1-7-6-8-4-2-3-5-9(8)12(7)10(13)11(14)15/h2-5,7H,6H2,1H3,(H,14,15)/t7-/m1/s1. The Morgan fingerprint density at radius 3 is 2.73 bits per heavy atom. The zero-order valence-corrected chi connectivity index (χ0v) is 8.30. The number of aliphatic carboxylic acids is 1. The molecule has 15 heavy (non-hydrogen) atoms. The second-order valence-electron chi connectivity index (χ2n) is 3.66. The van der Waals surface area contributed by atoms with E-state index >= 15 is 0 Å². The minimum atomic E-state index is -1.40. The fourth-order valence-corrected chi connectivity index (χ4v) is 1.98. The fourth-order valence-electron chi connectivity index (χ4n) is 1.98. The van der Waals surface area contributed by atoms with Crippen molar-refractivity contribution < 1.29 is 14.7 Å². The molecule has 1 heterocycles. The topological polar surface area (TPSA) is 57.6 Å². The second-order valence-corrected chi connectivity index (χ2v) is 3.66. The van der Waals surface area contributed by atoms with Gasteiger partial charge in [0.2, 0.25) is 0 Å². The van der Waals surface area contributed by atoms with Gasteiger partial charge in [0.25, 0.3) is 0 Å². The predicted octanol–water partition coefficient (Wildman–Crippen LogP) is 1.05. The molecule has 1 aromatic carbocycles. The molecule has 0 unspecified atom stereocenters. The lowest BCUT2D eigenvalue weighted by Crippen LogP contribution is -2.40. The van der Waals surface area contributed by atoms with Gasteiger partial charge in [-0.15, -0.1) is 0 Å². The summed E-state index contributed by atoms with van der Waals surface area (Å²) in [4.78, 5) is 23.4. The summed E-state index contributed by atoms with van der Waals surface area (Å²) in [5, 5.41) is 8.69. The van der Waals surface area contributed by atoms with E-state index in [0.29, 0.717) is 0 Å². The SMILES string of the molecule is C[C@@H]1Cc2ccccc2N1C(=O)C(=O)O. The number of anilines is 1. The average Bonchev–Trinajstić information content (AvgIpc) is 2.52. The number of fused-ring (bicyclic) bond motifs is 1. The van der Waals surface area contributed by atoms with Crippen LogP contribution in [0, 0.1) is 0 Å². The van der Waals surface area contributed by atoms with Crippen LogP contribution in [-0.4, -0.2) is 23.0 Å². The predicted molar refractivity (Wildman–Crippen MR) is 54.7 cm³/mol. The molecule has 4 nitrogen and oxygen atoms in total. The molecule has 78 valence electrons. The molecular formula is C11H11NO3. The summed E-state index contributed by atoms with van der Waals surface area (Å²) in [5.74, 6) is -2.26. The smallest absolute Gasteiger partial charge is 0.394 e. The zero-order chi connectivity index (χ0) is 11.0. The molecule has 0 saturated carbocycles. The molecular weight excluding hydrogens is 194 g/mol. The van der Waals surface area contributed by atoms with Crippen molar-refractivity contribution in [3.05, 3.63) is 29.8 Å². The van der Waals surface area contributed by atoms with Gasteiger partial charge in [0.15, 0.2) is 0 Å². The lowest BCUT2D eigenvalue weighted by Gasteiger charge is -2.19. The third-order valence-corrected chi connectivity index (χ3v) is 2.61. The van der Waals surface area contributed by atoms with Crippen molar-refractivity contribution in [2.45, 2.75) is 19.4 Å². The van der Waals surface area contributed by atoms with Gasteiger partial charge in [0.1, 0.15) is 0 Å². The summed E-state index contributed by atoms with van der Waals surface area (Å²) < 4.78 is 0. The summed E-state index contributed by atoms with van der Waals surface area (Å²) in [5.41, 5.74) is 1.75. The Hall–Kier alpha value is -1.84. The van der Waals surface area contributed by atoms with Crippen molar-refractivity contribution in [2.75, 3.05) is 4.90 Å². The Balaban J connectivity index is 2.42. The number of nitrogens with zero attached hydrogens (tertiary/aromatic N) is 1. The highest BCUT2D eigenvalue weighted by molar-refractivity contribution is 6.37. The molecule has 0 aliphatic carbocycles. The summed E-state index contributed by atoms with van der Waals surface area (Å²) in [6.07, 6.45) is 0.717. The van der Waals surface area contributed by atoms with Gasteiger partial charge in [-0.3, -0.25) is 9.69 Å². The van der Waals surface area contributed by atoms with Gasteiger partial charge in [-0.2, -0.15) is 0 Å². The molecule has 0 radical (unpaired) electrons. The van der Waals surface area contributed by atoms with Crippen LogP contribution in [0.4, 0.5) is 5.69 Å². The number of carboxylic acids is 1. The number of hydrogen-bond donors (Lipinski definition) is 1. The van der Waals surface area contributed by atoms with E-state index in [0.717, 1.165) is 17.7 Å². The molecule has 2 rings (SSSR count). The van der Waals surface area contributed by atoms with Crippen LogP contribution < -0.4 is 4.90 Å². The molecule has 1 N–H and O–H groups in total. The lowest BCUT2D eigenvalue weighted by molar-refractivity contribution is -0.149. The Morgan fingerprint density at radius 1 is 1.40 bits per heavy atom. The van der Waals surface area contributed by atoms with Crippen LogP contribution in [0.15, 0.2) is 24.3 Å². The van der Waals surface area contributed by atoms with Crippen LogP contribution in [0.5, 0.6) is 0 Å². The molecule has 0 saturated heterocycles. The maximum Gasteiger partial charge on any atom is 0.394 e. The Kier molecular flexibility index (Phi) is 2.19. The van der Waals surface area contributed by atoms with Crippen LogP contribution in [-0.2, 0) is 16.0 Å². The molecule has 1 atom stereocenters. The summed E-state index contributed by atoms with van der Waals surface area (Å²) in [6, 6.07) is 7.31. The maximum atomic E-state index is 11.4. The first-order valence-corrected chi connectivity index (χ1v) is 4.75. The van der Waals surface area contributed by atoms with E-state index in [-0.39, 0.29) is 6.04 Å². The van der Waals surface area contributed by atoms with E-state index in [4.69, 9.17) is 5.11 Å². The van der Waals surface area contributed by atoms with Crippen LogP contribution in [0.25, 0.3) is 0 Å². The molecule has 0 bridgehead atoms. The number of carboxylic acid groups (broad SMARTS) is 1. The highest BCUT2D eigenvalue weighted by atomic mass is 16.4. The van der Waals surface area contributed by atoms with Crippen molar-refractivity contribution >= 4 is 17.6 Å². The first-order chi connectivity index (χ1) is 7.11. The van der Waals surface area contributed by atoms with Gasteiger partial charge in [0, 0.05) is 11.7 Å². The van der Waals surface area contributed by atoms with Gasteiger partial charge in [-0.1, -0.05) is 18.2 Å². The van der Waals surface area contributed by atoms with E-state index < -0.39 is 11.9 Å². The van der Waals surface area contributed by atoms with E-state index in [2.05, 4.69) is 0 Å². The Bertz CT molecular complexity index is 428. The van der Waals surface area contributed by atoms with Gasteiger partial charge in [0.05, 0.1) is 0 Å². The molecule has 1 aromatic rings. The largest absolute Gasteiger partial charge is 0.474 e. The molecule has 4 heteroatoms. The first-order valence-electron chi connectivity index (χ1n) is 4.75. The minimum Gasteiger partial charge on any atom is -0.474 e. The average molecular weight is 205 g/mol. The van der Waals surface area contributed by atoms with Gasteiger partial charge < -0.3 is 5.11 Å². The van der Waals surface area contributed by atoms with Crippen LogP contribution >= 0.6 is 0 Å². The van der Waals surface area contributed by atoms with Crippen molar-refractivity contribution in [1.82, 2.24) is 0 Å². The maximum absolute atomic E-state index is 11.4. The van der Waals surface area contributed by atoms with Crippen LogP contribution in [0.1, 0.15) is 12.5 Å².